The van der Waals surface area contributed by atoms with Crippen molar-refractivity contribution in [2.45, 2.75) is 4.90 Å². The molecule has 1 aromatic heterocycles. The van der Waals surface area contributed by atoms with E-state index in [1.165, 1.54) is 15.8 Å². The van der Waals surface area contributed by atoms with Crippen LogP contribution in [0.1, 0.15) is 0 Å². The van der Waals surface area contributed by atoms with Gasteiger partial charge in [0, 0.05) is 29.0 Å². The van der Waals surface area contributed by atoms with Crippen LogP contribution >= 0.6 is 11.8 Å². The number of benzene rings is 1. The monoisotopic (exact) mass is 177 g/mol. The van der Waals surface area contributed by atoms with Gasteiger partial charge in [-0.05, 0) is 12.3 Å². The van der Waals surface area contributed by atoms with Crippen LogP contribution in [0.2, 0.25) is 0 Å². The number of aryl methyl sites for hydroxylation is 1. The third kappa shape index (κ3) is 1.03. The van der Waals surface area contributed by atoms with Crippen LogP contribution in [-0.2, 0) is 7.05 Å². The largest absolute Gasteiger partial charge is 0.349 e. The molecule has 0 saturated carbocycles. The van der Waals surface area contributed by atoms with Gasteiger partial charge >= 0.3 is 0 Å². The van der Waals surface area contributed by atoms with E-state index in [9.17, 15) is 0 Å². The first-order valence-corrected chi connectivity index (χ1v) is 5.13. The highest BCUT2D eigenvalue weighted by atomic mass is 32.2. The van der Waals surface area contributed by atoms with E-state index in [4.69, 9.17) is 0 Å². The fraction of sp³-hybridized carbons (Fsp3) is 0.200. The molecule has 2 rings (SSSR count). The summed E-state index contributed by atoms with van der Waals surface area (Å²) in [5.74, 6) is 0. The molecule has 0 spiro atoms. The summed E-state index contributed by atoms with van der Waals surface area (Å²) in [5.41, 5.74) is 1.31. The Bertz CT molecular complexity index is 403. The average Bonchev–Trinajstić information content (AvgIpc) is 2.44. The van der Waals surface area contributed by atoms with Gasteiger partial charge in [0.15, 0.2) is 0 Å². The van der Waals surface area contributed by atoms with Crippen molar-refractivity contribution in [2.24, 2.45) is 7.05 Å². The second-order valence-electron chi connectivity index (χ2n) is 2.83. The van der Waals surface area contributed by atoms with Gasteiger partial charge in [-0.15, -0.1) is 11.8 Å². The smallest absolute Gasteiger partial charge is 0.0489 e. The van der Waals surface area contributed by atoms with E-state index in [1.807, 2.05) is 0 Å². The molecular weight excluding hydrogens is 166 g/mol. The predicted octanol–water partition coefficient (Wildman–Crippen LogP) is 2.90. The van der Waals surface area contributed by atoms with E-state index < -0.39 is 0 Å². The van der Waals surface area contributed by atoms with E-state index in [0.717, 1.165) is 0 Å². The lowest BCUT2D eigenvalue weighted by molar-refractivity contribution is 0.958. The molecule has 0 aliphatic rings. The summed E-state index contributed by atoms with van der Waals surface area (Å²) in [6, 6.07) is 8.48. The van der Waals surface area contributed by atoms with Gasteiger partial charge in [-0.1, -0.05) is 18.2 Å². The maximum atomic E-state index is 2.18. The molecule has 62 valence electrons. The molecule has 2 aromatic rings. The predicted molar refractivity (Wildman–Crippen MR) is 54.7 cm³/mol. The Kier molecular flexibility index (Phi) is 1.85. The van der Waals surface area contributed by atoms with Gasteiger partial charge in [0.2, 0.25) is 0 Å². The van der Waals surface area contributed by atoms with Crippen molar-refractivity contribution in [2.75, 3.05) is 6.26 Å². The highest BCUT2D eigenvalue weighted by Gasteiger charge is 2.02. The molecule has 0 unspecified atom stereocenters. The Balaban J connectivity index is 2.82. The zero-order chi connectivity index (χ0) is 8.55. The molecule has 0 radical (unpaired) electrons. The number of rotatable bonds is 1. The number of fused-ring (bicyclic) bond motifs is 1. The first-order chi connectivity index (χ1) is 5.83. The summed E-state index contributed by atoms with van der Waals surface area (Å²) in [5, 5.41) is 1.35. The topological polar surface area (TPSA) is 4.93 Å². The maximum absolute atomic E-state index is 2.18. The van der Waals surface area contributed by atoms with Crippen molar-refractivity contribution in [3.05, 3.63) is 30.5 Å². The number of thioether (sulfide) groups is 1. The minimum absolute atomic E-state index is 1.31. The number of hydrogen-bond acceptors (Lipinski definition) is 1. The summed E-state index contributed by atoms with van der Waals surface area (Å²) in [6.07, 6.45) is 4.29. The van der Waals surface area contributed by atoms with Crippen LogP contribution in [0.4, 0.5) is 0 Å². The minimum atomic E-state index is 1.31. The van der Waals surface area contributed by atoms with E-state index in [2.05, 4.69) is 48.3 Å². The molecule has 0 N–H and O–H groups in total. The summed E-state index contributed by atoms with van der Waals surface area (Å²) >= 11 is 1.80. The third-order valence-corrected chi connectivity index (χ3v) is 2.85. The molecule has 0 bridgehead atoms. The molecule has 0 fully saturated rings. The Hall–Kier alpha value is -0.890. The van der Waals surface area contributed by atoms with Gasteiger partial charge in [-0.2, -0.15) is 0 Å². The second-order valence-corrected chi connectivity index (χ2v) is 3.67. The van der Waals surface area contributed by atoms with Crippen molar-refractivity contribution in [1.29, 1.82) is 0 Å². The fourth-order valence-corrected chi connectivity index (χ4v) is 2.12. The lowest BCUT2D eigenvalue weighted by atomic mass is 10.2. The van der Waals surface area contributed by atoms with Crippen LogP contribution in [0.5, 0.6) is 0 Å². The Labute approximate surface area is 76.4 Å². The summed E-state index contributed by atoms with van der Waals surface area (Å²) in [4.78, 5) is 1.35. The van der Waals surface area contributed by atoms with Crippen LogP contribution in [0.15, 0.2) is 35.4 Å². The molecule has 0 saturated heterocycles. The van der Waals surface area contributed by atoms with Gasteiger partial charge < -0.3 is 4.57 Å². The van der Waals surface area contributed by atoms with E-state index in [-0.39, 0.29) is 0 Å². The maximum Gasteiger partial charge on any atom is 0.0489 e. The van der Waals surface area contributed by atoms with Gasteiger partial charge in [0.25, 0.3) is 0 Å². The van der Waals surface area contributed by atoms with E-state index in [0.29, 0.717) is 0 Å². The zero-order valence-electron chi connectivity index (χ0n) is 7.24. The van der Waals surface area contributed by atoms with Crippen molar-refractivity contribution < 1.29 is 0 Å². The normalized spacial score (nSPS) is 10.8. The van der Waals surface area contributed by atoms with Crippen molar-refractivity contribution in [3.63, 3.8) is 0 Å². The van der Waals surface area contributed by atoms with Crippen LogP contribution in [0.3, 0.4) is 0 Å². The van der Waals surface area contributed by atoms with Gasteiger partial charge in [-0.3, -0.25) is 0 Å². The molecule has 0 aliphatic carbocycles. The number of hydrogen-bond donors (Lipinski definition) is 0. The van der Waals surface area contributed by atoms with Crippen LogP contribution in [-0.4, -0.2) is 10.8 Å². The molecular formula is C10H11NS. The van der Waals surface area contributed by atoms with E-state index in [1.54, 1.807) is 11.8 Å². The van der Waals surface area contributed by atoms with E-state index >= 15 is 0 Å². The lowest BCUT2D eigenvalue weighted by Gasteiger charge is -1.92. The molecule has 2 heteroatoms. The summed E-state index contributed by atoms with van der Waals surface area (Å²) in [7, 11) is 2.09. The molecule has 0 atom stereocenters. The molecule has 0 aliphatic heterocycles. The number of aromatic nitrogens is 1. The molecule has 1 nitrogen and oxygen atoms in total. The minimum Gasteiger partial charge on any atom is -0.349 e. The zero-order valence-corrected chi connectivity index (χ0v) is 8.06. The second kappa shape index (κ2) is 2.87. The highest BCUT2D eigenvalue weighted by Crippen LogP contribution is 2.27. The van der Waals surface area contributed by atoms with Crippen LogP contribution in [0.25, 0.3) is 10.9 Å². The van der Waals surface area contributed by atoms with Gasteiger partial charge in [-0.25, -0.2) is 0 Å². The number of nitrogens with zero attached hydrogens (tertiary/aromatic N) is 1. The van der Waals surface area contributed by atoms with Crippen LogP contribution < -0.4 is 0 Å². The molecule has 1 aromatic carbocycles. The Morgan fingerprint density at radius 3 is 2.75 bits per heavy atom. The quantitative estimate of drug-likeness (QED) is 0.606. The van der Waals surface area contributed by atoms with Crippen molar-refractivity contribution in [3.8, 4) is 0 Å². The molecule has 1 heterocycles. The van der Waals surface area contributed by atoms with Gasteiger partial charge in [0.05, 0.1) is 0 Å². The average molecular weight is 177 g/mol. The number of para-hydroxylation sites is 1. The standard InChI is InChI=1S/C10H11NS/c1-11-7-10(12-2)8-5-3-4-6-9(8)11/h3-7H,1-2H3. The van der Waals surface area contributed by atoms with Crippen molar-refractivity contribution in [1.82, 2.24) is 4.57 Å². The first-order valence-electron chi connectivity index (χ1n) is 3.91. The summed E-state index contributed by atoms with van der Waals surface area (Å²) in [6.45, 7) is 0. The Morgan fingerprint density at radius 1 is 1.25 bits per heavy atom. The van der Waals surface area contributed by atoms with Gasteiger partial charge in [0.1, 0.15) is 0 Å². The first kappa shape index (κ1) is 7.74. The SMILES string of the molecule is CSc1cn(C)c2ccccc12. The third-order valence-electron chi connectivity index (χ3n) is 2.08. The van der Waals surface area contributed by atoms with Crippen LogP contribution in [0, 0.1) is 0 Å². The fourth-order valence-electron chi connectivity index (χ4n) is 1.47. The highest BCUT2D eigenvalue weighted by molar-refractivity contribution is 7.98. The lowest BCUT2D eigenvalue weighted by Crippen LogP contribution is -1.81. The summed E-state index contributed by atoms with van der Waals surface area (Å²) < 4.78 is 2.17. The van der Waals surface area contributed by atoms with Crippen molar-refractivity contribution >= 4 is 22.7 Å². The molecule has 12 heavy (non-hydrogen) atoms. The molecule has 0 amide bonds. The Morgan fingerprint density at radius 2 is 2.00 bits per heavy atom.